The number of halogens is 1. The van der Waals surface area contributed by atoms with E-state index in [0.29, 0.717) is 29.2 Å². The van der Waals surface area contributed by atoms with Crippen molar-refractivity contribution in [2.75, 3.05) is 25.7 Å². The molecule has 1 aliphatic heterocycles. The number of benzene rings is 3. The first-order valence-corrected chi connectivity index (χ1v) is 10.6. The molecule has 172 valence electrons. The Hall–Kier alpha value is -3.58. The second-order valence-electron chi connectivity index (χ2n) is 8.20. The van der Waals surface area contributed by atoms with Crippen molar-refractivity contribution in [2.45, 2.75) is 19.1 Å². The maximum Gasteiger partial charge on any atom is 0.309 e. The summed E-state index contributed by atoms with van der Waals surface area (Å²) in [5, 5.41) is 19.7. The molecule has 3 atom stereocenters. The van der Waals surface area contributed by atoms with Gasteiger partial charge in [0.2, 0.25) is 0 Å². The Morgan fingerprint density at radius 1 is 1.15 bits per heavy atom. The number of methoxy groups -OCH3 is 1. The molecule has 0 aliphatic carbocycles. The fourth-order valence-electron chi connectivity index (χ4n) is 4.05. The molecule has 1 aliphatic rings. The molecule has 0 bridgehead atoms. The van der Waals surface area contributed by atoms with Crippen LogP contribution in [-0.4, -0.2) is 36.9 Å². The van der Waals surface area contributed by atoms with Crippen LogP contribution >= 0.6 is 0 Å². The van der Waals surface area contributed by atoms with Gasteiger partial charge in [-0.15, -0.1) is 0 Å². The van der Waals surface area contributed by atoms with E-state index in [1.165, 1.54) is 13.0 Å². The smallest absolute Gasteiger partial charge is 0.309 e. The summed E-state index contributed by atoms with van der Waals surface area (Å²) in [7, 11) is 3.47. The zero-order valence-electron chi connectivity index (χ0n) is 18.7. The lowest BCUT2D eigenvalue weighted by molar-refractivity contribution is -0.145. The van der Waals surface area contributed by atoms with E-state index in [9.17, 15) is 19.4 Å². The third-order valence-corrected chi connectivity index (χ3v) is 6.21. The first-order valence-electron chi connectivity index (χ1n) is 10.6. The first kappa shape index (κ1) is 22.6. The third-order valence-electron chi connectivity index (χ3n) is 6.21. The number of carbonyl (C=O) groups is 1. The lowest BCUT2D eigenvalue weighted by Crippen LogP contribution is -2.33. The highest BCUT2D eigenvalue weighted by Gasteiger charge is 2.29. The van der Waals surface area contributed by atoms with Crippen LogP contribution in [-0.2, 0) is 4.79 Å². The standard InChI is InChI=1S/C26H26FNO5/c1-15(26(30)31)25(29)18-8-11-24-22(12-18)28(2)23(14-33-24)17-6-4-16(5-7-17)20-13-19(32-3)9-10-21(20)27/h4-13,15,23,25,29H,14H2,1-3H3,(H,30,31)/t15-,23?,25+/m0/s1. The summed E-state index contributed by atoms with van der Waals surface area (Å²) in [6, 6.07) is 17.4. The SMILES string of the molecule is COc1ccc(F)c(-c2ccc(C3COc4ccc([C@H](O)[C@H](C)C(=O)O)cc4N3C)cc2)c1. The number of ether oxygens (including phenoxy) is 2. The number of carboxylic acids is 1. The van der Waals surface area contributed by atoms with Gasteiger partial charge in [0.15, 0.2) is 0 Å². The number of rotatable bonds is 6. The summed E-state index contributed by atoms with van der Waals surface area (Å²) in [6.45, 7) is 1.89. The van der Waals surface area contributed by atoms with Gasteiger partial charge in [0, 0.05) is 12.6 Å². The predicted molar refractivity (Wildman–Crippen MR) is 123 cm³/mol. The van der Waals surface area contributed by atoms with Crippen LogP contribution < -0.4 is 14.4 Å². The average Bonchev–Trinajstić information content (AvgIpc) is 2.83. The summed E-state index contributed by atoms with van der Waals surface area (Å²) in [6.07, 6.45) is -1.13. The van der Waals surface area contributed by atoms with E-state index in [1.807, 2.05) is 36.2 Å². The van der Waals surface area contributed by atoms with Crippen molar-refractivity contribution in [1.82, 2.24) is 0 Å². The molecule has 7 heteroatoms. The Kier molecular flexibility index (Phi) is 6.24. The van der Waals surface area contributed by atoms with Crippen LogP contribution in [0.15, 0.2) is 60.7 Å². The largest absolute Gasteiger partial charge is 0.497 e. The number of fused-ring (bicyclic) bond motifs is 1. The van der Waals surface area contributed by atoms with Crippen LogP contribution in [0.5, 0.6) is 11.5 Å². The molecule has 0 saturated carbocycles. The molecule has 0 fully saturated rings. The molecular weight excluding hydrogens is 425 g/mol. The number of carboxylic acid groups (broad SMARTS) is 1. The molecule has 0 aromatic heterocycles. The minimum absolute atomic E-state index is 0.106. The van der Waals surface area contributed by atoms with E-state index < -0.39 is 18.0 Å². The highest BCUT2D eigenvalue weighted by molar-refractivity contribution is 5.71. The monoisotopic (exact) mass is 451 g/mol. The normalized spacial score (nSPS) is 17.0. The lowest BCUT2D eigenvalue weighted by Gasteiger charge is -2.36. The Morgan fingerprint density at radius 2 is 1.88 bits per heavy atom. The van der Waals surface area contributed by atoms with Crippen molar-refractivity contribution in [3.8, 4) is 22.6 Å². The molecule has 0 saturated heterocycles. The van der Waals surface area contributed by atoms with Crippen molar-refractivity contribution in [2.24, 2.45) is 5.92 Å². The molecule has 33 heavy (non-hydrogen) atoms. The Balaban J connectivity index is 1.60. The molecule has 1 unspecified atom stereocenters. The fourth-order valence-corrected chi connectivity index (χ4v) is 4.05. The molecule has 4 rings (SSSR count). The molecule has 2 N–H and O–H groups in total. The molecule has 3 aromatic rings. The molecule has 0 radical (unpaired) electrons. The molecule has 0 amide bonds. The van der Waals surface area contributed by atoms with Crippen molar-refractivity contribution < 1.29 is 28.9 Å². The number of nitrogens with zero attached hydrogens (tertiary/aromatic N) is 1. The van der Waals surface area contributed by atoms with Crippen LogP contribution in [0.2, 0.25) is 0 Å². The minimum atomic E-state index is -1.13. The van der Waals surface area contributed by atoms with Crippen molar-refractivity contribution in [1.29, 1.82) is 0 Å². The number of aliphatic carboxylic acids is 1. The van der Waals surface area contributed by atoms with Gasteiger partial charge in [0.1, 0.15) is 23.9 Å². The highest BCUT2D eigenvalue weighted by atomic mass is 19.1. The summed E-state index contributed by atoms with van der Waals surface area (Å²) < 4.78 is 25.5. The second kappa shape index (κ2) is 9.11. The molecule has 1 heterocycles. The quantitative estimate of drug-likeness (QED) is 0.559. The van der Waals surface area contributed by atoms with E-state index >= 15 is 0 Å². The van der Waals surface area contributed by atoms with Crippen LogP contribution in [0, 0.1) is 11.7 Å². The zero-order valence-corrected chi connectivity index (χ0v) is 18.7. The van der Waals surface area contributed by atoms with Gasteiger partial charge < -0.3 is 24.6 Å². The molecular formula is C26H26FNO5. The predicted octanol–water partition coefficient (Wildman–Crippen LogP) is 4.83. The van der Waals surface area contributed by atoms with Crippen molar-refractivity contribution >= 4 is 11.7 Å². The Labute approximate surface area is 191 Å². The van der Waals surface area contributed by atoms with E-state index in [4.69, 9.17) is 9.47 Å². The van der Waals surface area contributed by atoms with E-state index in [2.05, 4.69) is 0 Å². The Morgan fingerprint density at radius 3 is 2.55 bits per heavy atom. The van der Waals surface area contributed by atoms with E-state index in [0.717, 1.165) is 16.8 Å². The fraction of sp³-hybridized carbons (Fsp3) is 0.269. The van der Waals surface area contributed by atoms with E-state index in [1.54, 1.807) is 37.4 Å². The van der Waals surface area contributed by atoms with Gasteiger partial charge in [-0.2, -0.15) is 0 Å². The van der Waals surface area contributed by atoms with Gasteiger partial charge in [-0.05, 0) is 53.9 Å². The molecule has 0 spiro atoms. The lowest BCUT2D eigenvalue weighted by atomic mass is 9.95. The average molecular weight is 451 g/mol. The van der Waals surface area contributed by atoms with Gasteiger partial charge in [0.05, 0.1) is 30.9 Å². The third kappa shape index (κ3) is 4.36. The Bertz CT molecular complexity index is 1160. The maximum absolute atomic E-state index is 14.3. The topological polar surface area (TPSA) is 79.2 Å². The minimum Gasteiger partial charge on any atom is -0.497 e. The summed E-state index contributed by atoms with van der Waals surface area (Å²) >= 11 is 0. The summed E-state index contributed by atoms with van der Waals surface area (Å²) in [5.74, 6) is -1.06. The second-order valence-corrected chi connectivity index (χ2v) is 8.20. The number of aliphatic hydroxyl groups is 1. The van der Waals surface area contributed by atoms with Gasteiger partial charge in [-0.3, -0.25) is 4.79 Å². The van der Waals surface area contributed by atoms with Crippen LogP contribution in [0.25, 0.3) is 11.1 Å². The van der Waals surface area contributed by atoms with Gasteiger partial charge in [-0.25, -0.2) is 4.39 Å². The van der Waals surface area contributed by atoms with Crippen LogP contribution in [0.1, 0.15) is 30.2 Å². The summed E-state index contributed by atoms with van der Waals surface area (Å²) in [5.41, 5.74) is 3.47. The number of aliphatic hydroxyl groups excluding tert-OH is 1. The van der Waals surface area contributed by atoms with Crippen LogP contribution in [0.4, 0.5) is 10.1 Å². The van der Waals surface area contributed by atoms with Crippen molar-refractivity contribution in [3.63, 3.8) is 0 Å². The number of anilines is 1. The van der Waals surface area contributed by atoms with Gasteiger partial charge >= 0.3 is 5.97 Å². The van der Waals surface area contributed by atoms with Crippen molar-refractivity contribution in [3.05, 3.63) is 77.6 Å². The molecule has 3 aromatic carbocycles. The zero-order chi connectivity index (χ0) is 23.7. The van der Waals surface area contributed by atoms with E-state index in [-0.39, 0.29) is 11.9 Å². The summed E-state index contributed by atoms with van der Waals surface area (Å²) in [4.78, 5) is 13.3. The number of hydrogen-bond donors (Lipinski definition) is 2. The highest BCUT2D eigenvalue weighted by Crippen LogP contribution is 2.41. The number of likely N-dealkylation sites (N-methyl/N-ethyl adjacent to an activating group) is 1. The number of hydrogen-bond acceptors (Lipinski definition) is 5. The van der Waals surface area contributed by atoms with Crippen LogP contribution in [0.3, 0.4) is 0 Å². The van der Waals surface area contributed by atoms with Gasteiger partial charge in [0.25, 0.3) is 0 Å². The van der Waals surface area contributed by atoms with Gasteiger partial charge in [-0.1, -0.05) is 30.3 Å². The first-order chi connectivity index (χ1) is 15.8. The maximum atomic E-state index is 14.3. The molecule has 6 nitrogen and oxygen atoms in total.